The molecule has 0 radical (unpaired) electrons. The Morgan fingerprint density at radius 2 is 1.94 bits per heavy atom. The van der Waals surface area contributed by atoms with Crippen molar-refractivity contribution < 1.29 is 9.18 Å². The summed E-state index contributed by atoms with van der Waals surface area (Å²) in [7, 11) is 0. The number of benzene rings is 1. The van der Waals surface area contributed by atoms with Gasteiger partial charge in [0.05, 0.1) is 5.69 Å². The average Bonchev–Trinajstić information content (AvgIpc) is 3.59. The highest BCUT2D eigenvalue weighted by molar-refractivity contribution is 5.94. The van der Waals surface area contributed by atoms with Gasteiger partial charge in [-0.2, -0.15) is 4.98 Å². The van der Waals surface area contributed by atoms with Crippen molar-refractivity contribution in [1.82, 2.24) is 20.2 Å². The van der Waals surface area contributed by atoms with Crippen molar-refractivity contribution in [3.63, 3.8) is 0 Å². The molecule has 1 spiro atoms. The summed E-state index contributed by atoms with van der Waals surface area (Å²) in [6.07, 6.45) is 7.81. The highest BCUT2D eigenvalue weighted by Gasteiger charge is 2.55. The first-order chi connectivity index (χ1) is 17.4. The Balaban J connectivity index is 1.22. The number of fused-ring (bicyclic) bond motifs is 1. The molecule has 1 saturated carbocycles. The number of nitrogens with zero attached hydrogens (tertiary/aromatic N) is 5. The Morgan fingerprint density at radius 3 is 2.61 bits per heavy atom. The summed E-state index contributed by atoms with van der Waals surface area (Å²) in [6, 6.07) is 6.11. The molecule has 3 aliphatic heterocycles. The number of anilines is 4. The van der Waals surface area contributed by atoms with Crippen LogP contribution in [-0.4, -0.2) is 71.1 Å². The fourth-order valence-corrected chi connectivity index (χ4v) is 6.59. The zero-order valence-electron chi connectivity index (χ0n) is 21.3. The Hall–Kier alpha value is -2.94. The summed E-state index contributed by atoms with van der Waals surface area (Å²) in [5.41, 5.74) is 1.74. The van der Waals surface area contributed by atoms with E-state index in [-0.39, 0.29) is 11.7 Å². The second kappa shape index (κ2) is 9.18. The highest BCUT2D eigenvalue weighted by atomic mass is 19.1. The van der Waals surface area contributed by atoms with Crippen molar-refractivity contribution in [2.75, 3.05) is 47.8 Å². The van der Waals surface area contributed by atoms with Crippen molar-refractivity contribution in [2.45, 2.75) is 70.0 Å². The fraction of sp³-hybridized carbons (Fsp3) is 0.593. The SMILES string of the molecule is CC(C)N1CCN(c2ccc(Nc3ncc4c(n3)N(C3CCCC3)C3(CCNC3=O)C4)cc2F)CC1. The predicted octanol–water partition coefficient (Wildman–Crippen LogP) is 3.45. The van der Waals surface area contributed by atoms with Gasteiger partial charge in [0.15, 0.2) is 0 Å². The molecule has 1 unspecified atom stereocenters. The van der Waals surface area contributed by atoms with Crippen LogP contribution >= 0.6 is 0 Å². The fourth-order valence-electron chi connectivity index (χ4n) is 6.59. The van der Waals surface area contributed by atoms with Crippen molar-refractivity contribution in [1.29, 1.82) is 0 Å². The van der Waals surface area contributed by atoms with Crippen molar-refractivity contribution in [3.05, 3.63) is 35.8 Å². The largest absolute Gasteiger partial charge is 0.367 e. The third-order valence-corrected chi connectivity index (χ3v) is 8.54. The maximum atomic E-state index is 15.1. The van der Waals surface area contributed by atoms with Crippen LogP contribution in [0.5, 0.6) is 0 Å². The maximum absolute atomic E-state index is 15.1. The van der Waals surface area contributed by atoms with E-state index in [4.69, 9.17) is 4.98 Å². The molecule has 1 amide bonds. The molecule has 192 valence electrons. The van der Waals surface area contributed by atoms with Gasteiger partial charge in [-0.05, 0) is 51.3 Å². The topological polar surface area (TPSA) is 76.6 Å². The zero-order chi connectivity index (χ0) is 24.9. The number of aromatic nitrogens is 2. The van der Waals surface area contributed by atoms with Gasteiger partial charge >= 0.3 is 0 Å². The van der Waals surface area contributed by atoms with Gasteiger partial charge in [-0.25, -0.2) is 9.37 Å². The lowest BCUT2D eigenvalue weighted by Gasteiger charge is -2.38. The number of piperazine rings is 1. The Kier molecular flexibility index (Phi) is 5.98. The molecule has 1 aliphatic carbocycles. The standard InChI is InChI=1S/C27H36FN7O/c1-18(2)33-11-13-34(14-12-33)23-8-7-20(15-22(23)28)31-26-30-17-19-16-27(9-10-29-25(27)36)35(24(19)32-26)21-5-3-4-6-21/h7-8,15,17-18,21H,3-6,9-14,16H2,1-2H3,(H,29,36)(H,30,31,32). The minimum Gasteiger partial charge on any atom is -0.367 e. The molecule has 4 aliphatic rings. The van der Waals surface area contributed by atoms with Gasteiger partial charge in [0.25, 0.3) is 0 Å². The number of hydrogen-bond donors (Lipinski definition) is 2. The minimum atomic E-state index is -0.544. The van der Waals surface area contributed by atoms with E-state index in [1.807, 2.05) is 18.3 Å². The molecule has 1 aromatic heterocycles. The van der Waals surface area contributed by atoms with Crippen LogP contribution in [0.25, 0.3) is 0 Å². The number of hydrogen-bond acceptors (Lipinski definition) is 7. The van der Waals surface area contributed by atoms with Gasteiger partial charge in [-0.15, -0.1) is 0 Å². The van der Waals surface area contributed by atoms with Gasteiger partial charge in [-0.3, -0.25) is 9.69 Å². The van der Waals surface area contributed by atoms with Crippen molar-refractivity contribution >= 4 is 29.0 Å². The number of nitrogens with one attached hydrogen (secondary N) is 2. The van der Waals surface area contributed by atoms with Crippen LogP contribution in [-0.2, 0) is 11.2 Å². The summed E-state index contributed by atoms with van der Waals surface area (Å²) in [5, 5.41) is 6.26. The van der Waals surface area contributed by atoms with E-state index >= 15 is 4.39 Å². The Bertz CT molecular complexity index is 1140. The summed E-state index contributed by atoms with van der Waals surface area (Å²) in [4.78, 5) is 29.2. The van der Waals surface area contributed by atoms with Crippen molar-refractivity contribution in [2.24, 2.45) is 0 Å². The first kappa shape index (κ1) is 23.5. The van der Waals surface area contributed by atoms with Crippen LogP contribution in [0.2, 0.25) is 0 Å². The molecule has 4 heterocycles. The van der Waals surface area contributed by atoms with Gasteiger partial charge in [0.1, 0.15) is 17.2 Å². The van der Waals surface area contributed by atoms with Gasteiger partial charge < -0.3 is 20.4 Å². The van der Waals surface area contributed by atoms with Crippen LogP contribution in [0.3, 0.4) is 0 Å². The van der Waals surface area contributed by atoms with E-state index in [1.165, 1.54) is 18.9 Å². The van der Waals surface area contributed by atoms with Crippen LogP contribution in [0, 0.1) is 5.82 Å². The van der Waals surface area contributed by atoms with E-state index in [1.54, 1.807) is 0 Å². The van der Waals surface area contributed by atoms with E-state index in [0.717, 1.165) is 56.8 Å². The molecule has 2 N–H and O–H groups in total. The van der Waals surface area contributed by atoms with E-state index in [0.29, 0.717) is 42.4 Å². The number of rotatable bonds is 5. The molecule has 3 fully saturated rings. The van der Waals surface area contributed by atoms with E-state index < -0.39 is 5.54 Å². The molecule has 1 atom stereocenters. The zero-order valence-corrected chi connectivity index (χ0v) is 21.3. The Morgan fingerprint density at radius 1 is 1.17 bits per heavy atom. The monoisotopic (exact) mass is 493 g/mol. The summed E-state index contributed by atoms with van der Waals surface area (Å²) in [6.45, 7) is 8.63. The van der Waals surface area contributed by atoms with Crippen LogP contribution in [0.15, 0.2) is 24.4 Å². The number of carbonyl (C=O) groups excluding carboxylic acids is 1. The highest BCUT2D eigenvalue weighted by Crippen LogP contribution is 2.46. The lowest BCUT2D eigenvalue weighted by Crippen LogP contribution is -2.56. The first-order valence-electron chi connectivity index (χ1n) is 13.4. The van der Waals surface area contributed by atoms with E-state index in [9.17, 15) is 4.79 Å². The van der Waals surface area contributed by atoms with Gasteiger partial charge in [-0.1, -0.05) is 12.8 Å². The molecule has 6 rings (SSSR count). The number of carbonyl (C=O) groups is 1. The molecule has 9 heteroatoms. The molecule has 8 nitrogen and oxygen atoms in total. The maximum Gasteiger partial charge on any atom is 0.246 e. The number of halogens is 1. The molecular formula is C27H36FN7O. The second-order valence-corrected chi connectivity index (χ2v) is 11.0. The third kappa shape index (κ3) is 3.97. The van der Waals surface area contributed by atoms with Gasteiger partial charge in [0.2, 0.25) is 11.9 Å². The van der Waals surface area contributed by atoms with E-state index in [2.05, 4.69) is 44.2 Å². The Labute approximate surface area is 212 Å². The summed E-state index contributed by atoms with van der Waals surface area (Å²) < 4.78 is 15.1. The lowest BCUT2D eigenvalue weighted by atomic mass is 9.91. The lowest BCUT2D eigenvalue weighted by molar-refractivity contribution is -0.123. The quantitative estimate of drug-likeness (QED) is 0.661. The average molecular weight is 494 g/mol. The van der Waals surface area contributed by atoms with Crippen LogP contribution in [0.4, 0.5) is 27.5 Å². The molecule has 36 heavy (non-hydrogen) atoms. The molecular weight excluding hydrogens is 457 g/mol. The molecule has 2 aromatic rings. The number of amides is 1. The first-order valence-corrected chi connectivity index (χ1v) is 13.4. The van der Waals surface area contributed by atoms with Gasteiger partial charge in [0, 0.05) is 68.7 Å². The third-order valence-electron chi connectivity index (χ3n) is 8.54. The van der Waals surface area contributed by atoms with Crippen molar-refractivity contribution in [3.8, 4) is 0 Å². The summed E-state index contributed by atoms with van der Waals surface area (Å²) in [5.74, 6) is 1.16. The summed E-state index contributed by atoms with van der Waals surface area (Å²) >= 11 is 0. The molecule has 0 bridgehead atoms. The normalized spacial score (nSPS) is 24.7. The van der Waals surface area contributed by atoms with Crippen LogP contribution < -0.4 is 20.4 Å². The molecule has 2 saturated heterocycles. The second-order valence-electron chi connectivity index (χ2n) is 11.0. The predicted molar refractivity (Wildman–Crippen MR) is 139 cm³/mol. The smallest absolute Gasteiger partial charge is 0.246 e. The van der Waals surface area contributed by atoms with Crippen LogP contribution in [0.1, 0.15) is 51.5 Å². The minimum absolute atomic E-state index is 0.105. The molecule has 1 aromatic carbocycles.